The number of carbonyl (C=O) groups is 2. The molecular weight excluding hydrogens is 322 g/mol. The van der Waals surface area contributed by atoms with Crippen LogP contribution in [0.5, 0.6) is 0 Å². The molecule has 1 atom stereocenters. The maximum Gasteiger partial charge on any atom is 0.289 e. The van der Waals surface area contributed by atoms with Gasteiger partial charge in [-0.05, 0) is 29.1 Å². The second-order valence-electron chi connectivity index (χ2n) is 4.94. The van der Waals surface area contributed by atoms with Gasteiger partial charge in [0, 0.05) is 12.1 Å². The van der Waals surface area contributed by atoms with Crippen LogP contribution in [-0.2, 0) is 4.79 Å². The van der Waals surface area contributed by atoms with Crippen molar-refractivity contribution in [2.45, 2.75) is 6.04 Å². The van der Waals surface area contributed by atoms with Crippen LogP contribution in [0.25, 0.3) is 0 Å². The number of aliphatic hydroxyl groups is 1. The van der Waals surface area contributed by atoms with Crippen molar-refractivity contribution >= 4 is 34.6 Å². The third-order valence-corrected chi connectivity index (χ3v) is 4.70. The van der Waals surface area contributed by atoms with Crippen LogP contribution in [0.15, 0.2) is 53.1 Å². The van der Waals surface area contributed by atoms with E-state index in [1.54, 1.807) is 48.8 Å². The molecule has 0 bridgehead atoms. The van der Waals surface area contributed by atoms with Crippen LogP contribution in [0.4, 0.5) is 0 Å². The number of amides is 1. The standard InChI is InChI=1S/C16H12ClNO3S/c1-18-13(9-4-2-5-10(17)8-9)12(15(20)16(18)21)14(19)11-6-3-7-22-11/h2-8,13,20H,1H3. The molecule has 6 heteroatoms. The van der Waals surface area contributed by atoms with Gasteiger partial charge < -0.3 is 10.0 Å². The first kappa shape index (κ1) is 14.8. The van der Waals surface area contributed by atoms with E-state index in [0.717, 1.165) is 0 Å². The maximum atomic E-state index is 12.7. The number of thiophene rings is 1. The summed E-state index contributed by atoms with van der Waals surface area (Å²) < 4.78 is 0. The average Bonchev–Trinajstić information content (AvgIpc) is 3.10. The van der Waals surface area contributed by atoms with Crippen molar-refractivity contribution in [1.82, 2.24) is 4.90 Å². The number of hydrogen-bond donors (Lipinski definition) is 1. The number of likely N-dealkylation sites (N-methyl/N-ethyl adjacent to an activating group) is 1. The molecule has 0 aliphatic carbocycles. The molecule has 2 aromatic rings. The van der Waals surface area contributed by atoms with Gasteiger partial charge in [0.2, 0.25) is 5.78 Å². The molecule has 1 aromatic carbocycles. The Bertz CT molecular complexity index is 782. The molecule has 1 amide bonds. The molecule has 0 fully saturated rings. The molecule has 2 heterocycles. The summed E-state index contributed by atoms with van der Waals surface area (Å²) in [6.07, 6.45) is 0. The molecule has 1 unspecified atom stereocenters. The Labute approximate surface area is 136 Å². The number of benzene rings is 1. The highest BCUT2D eigenvalue weighted by molar-refractivity contribution is 7.12. The molecule has 3 rings (SSSR count). The predicted octanol–water partition coefficient (Wildman–Crippen LogP) is 3.61. The minimum atomic E-state index is -0.638. The van der Waals surface area contributed by atoms with E-state index in [9.17, 15) is 14.7 Å². The Balaban J connectivity index is 2.11. The number of rotatable bonds is 3. The number of aliphatic hydroxyl groups excluding tert-OH is 1. The quantitative estimate of drug-likeness (QED) is 0.873. The van der Waals surface area contributed by atoms with E-state index in [1.807, 2.05) is 0 Å². The lowest BCUT2D eigenvalue weighted by Crippen LogP contribution is -2.26. The monoisotopic (exact) mass is 333 g/mol. The zero-order valence-electron chi connectivity index (χ0n) is 11.6. The third-order valence-electron chi connectivity index (χ3n) is 3.59. The van der Waals surface area contributed by atoms with E-state index < -0.39 is 17.7 Å². The molecule has 0 saturated heterocycles. The minimum absolute atomic E-state index is 0.0946. The molecule has 22 heavy (non-hydrogen) atoms. The Morgan fingerprint density at radius 1 is 1.32 bits per heavy atom. The van der Waals surface area contributed by atoms with Gasteiger partial charge in [-0.15, -0.1) is 11.3 Å². The highest BCUT2D eigenvalue weighted by Crippen LogP contribution is 2.38. The summed E-state index contributed by atoms with van der Waals surface area (Å²) in [6, 6.07) is 9.72. The van der Waals surface area contributed by atoms with Crippen LogP contribution < -0.4 is 0 Å². The predicted molar refractivity (Wildman–Crippen MR) is 85.3 cm³/mol. The number of nitrogens with zero attached hydrogens (tertiary/aromatic N) is 1. The number of halogens is 1. The first-order valence-electron chi connectivity index (χ1n) is 6.54. The van der Waals surface area contributed by atoms with E-state index in [4.69, 9.17) is 11.6 Å². The summed E-state index contributed by atoms with van der Waals surface area (Å²) in [6.45, 7) is 0. The van der Waals surface area contributed by atoms with Crippen molar-refractivity contribution in [3.8, 4) is 0 Å². The van der Waals surface area contributed by atoms with Crippen LogP contribution in [-0.4, -0.2) is 28.7 Å². The van der Waals surface area contributed by atoms with Crippen LogP contribution in [0.3, 0.4) is 0 Å². The van der Waals surface area contributed by atoms with Crippen molar-refractivity contribution in [2.75, 3.05) is 7.05 Å². The number of hydrogen-bond acceptors (Lipinski definition) is 4. The second kappa shape index (κ2) is 5.59. The molecule has 1 aromatic heterocycles. The summed E-state index contributed by atoms with van der Waals surface area (Å²) in [5.41, 5.74) is 0.782. The lowest BCUT2D eigenvalue weighted by Gasteiger charge is -2.22. The summed E-state index contributed by atoms with van der Waals surface area (Å²) in [4.78, 5) is 26.6. The zero-order chi connectivity index (χ0) is 15.9. The summed E-state index contributed by atoms with van der Waals surface area (Å²) in [7, 11) is 1.55. The molecule has 0 saturated carbocycles. The Morgan fingerprint density at radius 2 is 2.09 bits per heavy atom. The Hall–Kier alpha value is -2.11. The highest BCUT2D eigenvalue weighted by atomic mass is 35.5. The maximum absolute atomic E-state index is 12.7. The van der Waals surface area contributed by atoms with Gasteiger partial charge >= 0.3 is 0 Å². The summed E-state index contributed by atoms with van der Waals surface area (Å²) in [5.74, 6) is -1.40. The van der Waals surface area contributed by atoms with Crippen molar-refractivity contribution in [3.05, 3.63) is 68.6 Å². The second-order valence-corrected chi connectivity index (χ2v) is 6.33. The average molecular weight is 334 g/mol. The smallest absolute Gasteiger partial charge is 0.289 e. The van der Waals surface area contributed by atoms with Gasteiger partial charge in [0.15, 0.2) is 5.76 Å². The fourth-order valence-corrected chi connectivity index (χ4v) is 3.44. The van der Waals surface area contributed by atoms with Crippen molar-refractivity contribution in [1.29, 1.82) is 0 Å². The van der Waals surface area contributed by atoms with Crippen molar-refractivity contribution in [3.63, 3.8) is 0 Å². The first-order chi connectivity index (χ1) is 10.5. The molecule has 112 valence electrons. The Morgan fingerprint density at radius 3 is 2.73 bits per heavy atom. The number of carbonyl (C=O) groups excluding carboxylic acids is 2. The first-order valence-corrected chi connectivity index (χ1v) is 7.80. The van der Waals surface area contributed by atoms with Gasteiger partial charge in [0.25, 0.3) is 5.91 Å². The van der Waals surface area contributed by atoms with E-state index in [-0.39, 0.29) is 11.4 Å². The topological polar surface area (TPSA) is 57.6 Å². The summed E-state index contributed by atoms with van der Waals surface area (Å²) >= 11 is 7.28. The molecular formula is C16H12ClNO3S. The normalized spacial score (nSPS) is 18.2. The third kappa shape index (κ3) is 2.32. The summed E-state index contributed by atoms with van der Waals surface area (Å²) in [5, 5.41) is 12.4. The van der Waals surface area contributed by atoms with E-state index in [0.29, 0.717) is 15.5 Å². The van der Waals surface area contributed by atoms with Gasteiger partial charge in [-0.2, -0.15) is 0 Å². The number of Topliss-reactive ketones (excluding diaryl/α,β-unsaturated/α-hetero) is 1. The van der Waals surface area contributed by atoms with E-state index in [2.05, 4.69) is 0 Å². The zero-order valence-corrected chi connectivity index (χ0v) is 13.2. The molecule has 4 nitrogen and oxygen atoms in total. The minimum Gasteiger partial charge on any atom is -0.503 e. The van der Waals surface area contributed by atoms with Crippen LogP contribution in [0.2, 0.25) is 5.02 Å². The Kier molecular flexibility index (Phi) is 3.76. The molecule has 1 N–H and O–H groups in total. The van der Waals surface area contributed by atoms with E-state index >= 15 is 0 Å². The van der Waals surface area contributed by atoms with Crippen LogP contribution in [0, 0.1) is 0 Å². The SMILES string of the molecule is CN1C(=O)C(O)=C(C(=O)c2cccs2)C1c1cccc(Cl)c1. The fourth-order valence-electron chi connectivity index (χ4n) is 2.56. The van der Waals surface area contributed by atoms with Crippen molar-refractivity contribution in [2.24, 2.45) is 0 Å². The van der Waals surface area contributed by atoms with Gasteiger partial charge in [0.1, 0.15) is 0 Å². The number of ketones is 1. The van der Waals surface area contributed by atoms with Gasteiger partial charge in [-0.25, -0.2) is 0 Å². The highest BCUT2D eigenvalue weighted by Gasteiger charge is 2.42. The molecule has 0 spiro atoms. The van der Waals surface area contributed by atoms with E-state index in [1.165, 1.54) is 16.2 Å². The van der Waals surface area contributed by atoms with Gasteiger partial charge in [0.05, 0.1) is 16.5 Å². The molecule has 1 aliphatic rings. The molecule has 0 radical (unpaired) electrons. The van der Waals surface area contributed by atoms with Crippen LogP contribution in [0.1, 0.15) is 21.3 Å². The molecule has 1 aliphatic heterocycles. The van der Waals surface area contributed by atoms with Crippen LogP contribution >= 0.6 is 22.9 Å². The fraction of sp³-hybridized carbons (Fsp3) is 0.125. The largest absolute Gasteiger partial charge is 0.503 e. The lowest BCUT2D eigenvalue weighted by atomic mass is 9.96. The lowest BCUT2D eigenvalue weighted by molar-refractivity contribution is -0.128. The van der Waals surface area contributed by atoms with Gasteiger partial charge in [-0.3, -0.25) is 9.59 Å². The van der Waals surface area contributed by atoms with Gasteiger partial charge in [-0.1, -0.05) is 29.8 Å². The van der Waals surface area contributed by atoms with Crippen molar-refractivity contribution < 1.29 is 14.7 Å².